The molecule has 3 heteroatoms. The van der Waals surface area contributed by atoms with Crippen molar-refractivity contribution in [2.45, 2.75) is 38.6 Å². The summed E-state index contributed by atoms with van der Waals surface area (Å²) in [6.07, 6.45) is 3.01. The summed E-state index contributed by atoms with van der Waals surface area (Å²) < 4.78 is 0. The Morgan fingerprint density at radius 2 is 1.94 bits per heavy atom. The van der Waals surface area contributed by atoms with Crippen molar-refractivity contribution in [2.24, 2.45) is 5.73 Å². The van der Waals surface area contributed by atoms with Gasteiger partial charge in [-0.1, -0.05) is 18.2 Å². The molecular weight excluding hydrogens is 224 g/mol. The highest BCUT2D eigenvalue weighted by Crippen LogP contribution is 2.18. The first-order chi connectivity index (χ1) is 8.46. The molecule has 1 aromatic carbocycles. The quantitative estimate of drug-likeness (QED) is 0.730. The van der Waals surface area contributed by atoms with Crippen molar-refractivity contribution in [2.75, 3.05) is 25.1 Å². The van der Waals surface area contributed by atoms with Crippen LogP contribution in [0.3, 0.4) is 0 Å². The average Bonchev–Trinajstić information content (AvgIpc) is 2.35. The summed E-state index contributed by atoms with van der Waals surface area (Å²) in [6.45, 7) is 5.11. The van der Waals surface area contributed by atoms with Crippen molar-refractivity contribution >= 4 is 5.69 Å². The van der Waals surface area contributed by atoms with Crippen LogP contribution in [0.5, 0.6) is 0 Å². The van der Waals surface area contributed by atoms with Gasteiger partial charge in [-0.25, -0.2) is 0 Å². The first-order valence-electron chi connectivity index (χ1n) is 6.63. The Morgan fingerprint density at radius 3 is 2.56 bits per heavy atom. The van der Waals surface area contributed by atoms with Gasteiger partial charge in [-0.2, -0.15) is 0 Å². The first kappa shape index (κ1) is 15.0. The maximum absolute atomic E-state index is 9.08. The van der Waals surface area contributed by atoms with Crippen LogP contribution in [0.2, 0.25) is 0 Å². The first-order valence-corrected chi connectivity index (χ1v) is 6.63. The molecule has 0 aliphatic carbocycles. The van der Waals surface area contributed by atoms with E-state index in [2.05, 4.69) is 43.1 Å². The van der Waals surface area contributed by atoms with Gasteiger partial charge in [-0.15, -0.1) is 0 Å². The van der Waals surface area contributed by atoms with Crippen molar-refractivity contribution in [3.05, 3.63) is 29.8 Å². The molecule has 0 spiro atoms. The van der Waals surface area contributed by atoms with E-state index in [9.17, 15) is 0 Å². The summed E-state index contributed by atoms with van der Waals surface area (Å²) in [5, 5.41) is 9.08. The van der Waals surface area contributed by atoms with E-state index in [-0.39, 0.29) is 6.61 Å². The number of hydrogen-bond donors (Lipinski definition) is 2. The Balaban J connectivity index is 2.34. The number of anilines is 1. The Labute approximate surface area is 111 Å². The maximum atomic E-state index is 9.08. The lowest BCUT2D eigenvalue weighted by Gasteiger charge is -2.24. The van der Waals surface area contributed by atoms with Crippen LogP contribution >= 0.6 is 0 Å². The Kier molecular flexibility index (Phi) is 5.63. The summed E-state index contributed by atoms with van der Waals surface area (Å²) >= 11 is 0. The third-order valence-electron chi connectivity index (χ3n) is 3.38. The molecule has 0 saturated carbocycles. The number of hydrogen-bond acceptors (Lipinski definition) is 3. The van der Waals surface area contributed by atoms with Gasteiger partial charge < -0.3 is 15.7 Å². The molecule has 0 fully saturated rings. The summed E-state index contributed by atoms with van der Waals surface area (Å²) in [5.74, 6) is 0. The summed E-state index contributed by atoms with van der Waals surface area (Å²) in [7, 11) is 2.12. The third kappa shape index (κ3) is 4.67. The second-order valence-electron chi connectivity index (χ2n) is 5.48. The molecule has 0 aromatic heterocycles. The lowest BCUT2D eigenvalue weighted by molar-refractivity contribution is 0.197. The van der Waals surface area contributed by atoms with Crippen LogP contribution in [-0.2, 0) is 0 Å². The minimum atomic E-state index is -0.429. The zero-order valence-corrected chi connectivity index (χ0v) is 11.8. The van der Waals surface area contributed by atoms with Crippen LogP contribution < -0.4 is 10.6 Å². The zero-order chi connectivity index (χ0) is 13.6. The third-order valence-corrected chi connectivity index (χ3v) is 3.38. The van der Waals surface area contributed by atoms with E-state index in [1.807, 2.05) is 6.92 Å². The van der Waals surface area contributed by atoms with Gasteiger partial charge in [0.15, 0.2) is 0 Å². The van der Waals surface area contributed by atoms with E-state index in [0.29, 0.717) is 0 Å². The van der Waals surface area contributed by atoms with E-state index in [0.717, 1.165) is 25.8 Å². The number of benzene rings is 1. The standard InChI is InChI=1S/C15H26N2O/c1-13-8-4-5-9-14(13)17(3)11-7-6-10-15(2,16)12-18/h4-5,8-9,18H,6-7,10-12,16H2,1-3H3. The van der Waals surface area contributed by atoms with E-state index in [1.54, 1.807) is 0 Å². The number of nitrogens with two attached hydrogens (primary N) is 1. The van der Waals surface area contributed by atoms with E-state index in [1.165, 1.54) is 11.3 Å². The fourth-order valence-corrected chi connectivity index (χ4v) is 2.07. The zero-order valence-electron chi connectivity index (χ0n) is 11.8. The lowest BCUT2D eigenvalue weighted by Crippen LogP contribution is -2.40. The number of unbranched alkanes of at least 4 members (excludes halogenated alkanes) is 1. The number of aliphatic hydroxyl groups is 1. The van der Waals surface area contributed by atoms with Gasteiger partial charge in [-0.3, -0.25) is 0 Å². The molecule has 3 nitrogen and oxygen atoms in total. The minimum Gasteiger partial charge on any atom is -0.394 e. The summed E-state index contributed by atoms with van der Waals surface area (Å²) in [5.41, 5.74) is 8.07. The molecule has 0 aliphatic heterocycles. The van der Waals surface area contributed by atoms with Gasteiger partial charge in [0.05, 0.1) is 6.61 Å². The van der Waals surface area contributed by atoms with Crippen LogP contribution in [0.15, 0.2) is 24.3 Å². The van der Waals surface area contributed by atoms with E-state index in [4.69, 9.17) is 10.8 Å². The average molecular weight is 250 g/mol. The molecule has 3 N–H and O–H groups in total. The molecule has 102 valence electrons. The molecule has 0 bridgehead atoms. The van der Waals surface area contributed by atoms with Gasteiger partial charge >= 0.3 is 0 Å². The molecule has 0 saturated heterocycles. The molecule has 1 unspecified atom stereocenters. The van der Waals surface area contributed by atoms with Gasteiger partial charge in [0.1, 0.15) is 0 Å². The molecule has 0 aliphatic rings. The molecule has 0 heterocycles. The minimum absolute atomic E-state index is 0.0562. The lowest BCUT2D eigenvalue weighted by atomic mass is 9.97. The number of nitrogens with zero attached hydrogens (tertiary/aromatic N) is 1. The van der Waals surface area contributed by atoms with Gasteiger partial charge in [0.2, 0.25) is 0 Å². The molecule has 0 radical (unpaired) electrons. The van der Waals surface area contributed by atoms with Gasteiger partial charge in [0, 0.05) is 24.8 Å². The summed E-state index contributed by atoms with van der Waals surface area (Å²) in [6, 6.07) is 8.42. The molecule has 1 aromatic rings. The molecule has 18 heavy (non-hydrogen) atoms. The number of aryl methyl sites for hydroxylation is 1. The van der Waals surface area contributed by atoms with E-state index >= 15 is 0 Å². The molecule has 0 amide bonds. The number of para-hydroxylation sites is 1. The van der Waals surface area contributed by atoms with Gasteiger partial charge in [0.25, 0.3) is 0 Å². The highest BCUT2D eigenvalue weighted by Gasteiger charge is 2.15. The van der Waals surface area contributed by atoms with E-state index < -0.39 is 5.54 Å². The van der Waals surface area contributed by atoms with Crippen molar-refractivity contribution in [3.63, 3.8) is 0 Å². The molecular formula is C15H26N2O. The van der Waals surface area contributed by atoms with Crippen LogP contribution in [-0.4, -0.2) is 30.8 Å². The fraction of sp³-hybridized carbons (Fsp3) is 0.600. The Hall–Kier alpha value is -1.06. The highest BCUT2D eigenvalue weighted by molar-refractivity contribution is 5.52. The molecule has 1 atom stereocenters. The molecule has 1 rings (SSSR count). The number of aliphatic hydroxyl groups excluding tert-OH is 1. The van der Waals surface area contributed by atoms with Crippen molar-refractivity contribution in [1.29, 1.82) is 0 Å². The normalized spacial score (nSPS) is 14.3. The predicted octanol–water partition coefficient (Wildman–Crippen LogP) is 2.31. The largest absolute Gasteiger partial charge is 0.394 e. The Bertz CT molecular complexity index is 363. The fourth-order valence-electron chi connectivity index (χ4n) is 2.07. The number of rotatable bonds is 7. The van der Waals surface area contributed by atoms with Crippen LogP contribution in [0.1, 0.15) is 31.7 Å². The van der Waals surface area contributed by atoms with Crippen LogP contribution in [0, 0.1) is 6.92 Å². The second-order valence-corrected chi connectivity index (χ2v) is 5.48. The second kappa shape index (κ2) is 6.76. The highest BCUT2D eigenvalue weighted by atomic mass is 16.3. The predicted molar refractivity (Wildman–Crippen MR) is 78.0 cm³/mol. The van der Waals surface area contributed by atoms with Crippen LogP contribution in [0.4, 0.5) is 5.69 Å². The van der Waals surface area contributed by atoms with Gasteiger partial charge in [-0.05, 0) is 44.7 Å². The monoisotopic (exact) mass is 250 g/mol. The summed E-state index contributed by atoms with van der Waals surface area (Å²) in [4.78, 5) is 2.28. The van der Waals surface area contributed by atoms with Crippen molar-refractivity contribution in [3.8, 4) is 0 Å². The maximum Gasteiger partial charge on any atom is 0.0608 e. The Morgan fingerprint density at radius 1 is 1.28 bits per heavy atom. The van der Waals surface area contributed by atoms with Crippen LogP contribution in [0.25, 0.3) is 0 Å². The SMILES string of the molecule is Cc1ccccc1N(C)CCCCC(C)(N)CO. The van der Waals surface area contributed by atoms with Crippen molar-refractivity contribution < 1.29 is 5.11 Å². The smallest absolute Gasteiger partial charge is 0.0608 e. The van der Waals surface area contributed by atoms with Crippen molar-refractivity contribution in [1.82, 2.24) is 0 Å². The topological polar surface area (TPSA) is 49.5 Å².